The first-order chi connectivity index (χ1) is 15.5. The van der Waals surface area contributed by atoms with Crippen molar-refractivity contribution < 1.29 is 17.6 Å². The SMILES string of the molecule is COc1ccc2c(c1)nnn2-c1nc(S(C)(=O)=O)nc(-c2ccco2)c1-c1ccncc1. The molecular formula is C21H16N6O4S. The summed E-state index contributed by atoms with van der Waals surface area (Å²) in [6.07, 6.45) is 5.79. The van der Waals surface area contributed by atoms with Crippen molar-refractivity contribution in [1.82, 2.24) is 29.9 Å². The van der Waals surface area contributed by atoms with Gasteiger partial charge in [-0.25, -0.2) is 13.4 Å². The van der Waals surface area contributed by atoms with Crippen LogP contribution in [0.4, 0.5) is 0 Å². The molecule has 0 spiro atoms. The Morgan fingerprint density at radius 3 is 2.56 bits per heavy atom. The minimum Gasteiger partial charge on any atom is -0.497 e. The summed E-state index contributed by atoms with van der Waals surface area (Å²) in [6, 6.07) is 12.2. The molecule has 5 aromatic rings. The number of pyridine rings is 1. The van der Waals surface area contributed by atoms with E-state index < -0.39 is 9.84 Å². The van der Waals surface area contributed by atoms with E-state index in [0.717, 1.165) is 6.26 Å². The molecule has 32 heavy (non-hydrogen) atoms. The zero-order chi connectivity index (χ0) is 22.3. The van der Waals surface area contributed by atoms with Crippen LogP contribution in [-0.2, 0) is 9.84 Å². The molecule has 10 nitrogen and oxygen atoms in total. The molecule has 0 radical (unpaired) electrons. The summed E-state index contributed by atoms with van der Waals surface area (Å²) in [6.45, 7) is 0. The smallest absolute Gasteiger partial charge is 0.249 e. The zero-order valence-corrected chi connectivity index (χ0v) is 17.8. The standard InChI is InChI=1S/C21H16N6O4S/c1-30-14-5-6-16-15(12-14)25-26-27(16)20-18(13-7-9-22-10-8-13)19(17-4-3-11-31-17)23-21(24-20)32(2,28)29/h3-12H,1-2H3. The highest BCUT2D eigenvalue weighted by Crippen LogP contribution is 2.36. The van der Waals surface area contributed by atoms with Gasteiger partial charge in [-0.1, -0.05) is 5.21 Å². The van der Waals surface area contributed by atoms with Crippen LogP contribution in [0.1, 0.15) is 0 Å². The molecule has 4 heterocycles. The number of sulfone groups is 1. The van der Waals surface area contributed by atoms with Crippen LogP contribution >= 0.6 is 0 Å². The van der Waals surface area contributed by atoms with Gasteiger partial charge >= 0.3 is 0 Å². The predicted octanol–water partition coefficient (Wildman–Crippen LogP) is 2.94. The van der Waals surface area contributed by atoms with Gasteiger partial charge in [0.2, 0.25) is 15.0 Å². The molecule has 0 bridgehead atoms. The number of fused-ring (bicyclic) bond motifs is 1. The van der Waals surface area contributed by atoms with Gasteiger partial charge in [0.1, 0.15) is 17.0 Å². The van der Waals surface area contributed by atoms with Crippen LogP contribution < -0.4 is 4.74 Å². The summed E-state index contributed by atoms with van der Waals surface area (Å²) in [4.78, 5) is 12.8. The van der Waals surface area contributed by atoms with E-state index in [9.17, 15) is 8.42 Å². The van der Waals surface area contributed by atoms with Crippen LogP contribution in [0.3, 0.4) is 0 Å². The number of aromatic nitrogens is 6. The maximum atomic E-state index is 12.4. The van der Waals surface area contributed by atoms with Gasteiger partial charge in [-0.2, -0.15) is 9.67 Å². The topological polar surface area (TPSA) is 126 Å². The Hall–Kier alpha value is -4.12. The molecule has 0 aliphatic rings. The number of ether oxygens (including phenoxy) is 1. The highest BCUT2D eigenvalue weighted by molar-refractivity contribution is 7.90. The third-order valence-electron chi connectivity index (χ3n) is 4.78. The highest BCUT2D eigenvalue weighted by atomic mass is 32.2. The molecule has 5 rings (SSSR count). The number of furan rings is 1. The number of hydrogen-bond acceptors (Lipinski definition) is 9. The minimum atomic E-state index is -3.75. The van der Waals surface area contributed by atoms with E-state index in [0.29, 0.717) is 39.4 Å². The van der Waals surface area contributed by atoms with Gasteiger partial charge in [0.05, 0.1) is 24.5 Å². The quantitative estimate of drug-likeness (QED) is 0.373. The van der Waals surface area contributed by atoms with Gasteiger partial charge in [0, 0.05) is 24.7 Å². The van der Waals surface area contributed by atoms with E-state index >= 15 is 0 Å². The van der Waals surface area contributed by atoms with Crippen molar-refractivity contribution >= 4 is 20.9 Å². The molecule has 0 atom stereocenters. The van der Waals surface area contributed by atoms with E-state index in [1.54, 1.807) is 62.0 Å². The minimum absolute atomic E-state index is 0.241. The Morgan fingerprint density at radius 1 is 1.06 bits per heavy atom. The zero-order valence-electron chi connectivity index (χ0n) is 17.0. The van der Waals surface area contributed by atoms with Crippen LogP contribution in [0, 0.1) is 0 Å². The lowest BCUT2D eigenvalue weighted by molar-refractivity contribution is 0.415. The molecule has 160 valence electrons. The van der Waals surface area contributed by atoms with Crippen LogP contribution in [0.5, 0.6) is 5.75 Å². The first-order valence-electron chi connectivity index (χ1n) is 9.42. The van der Waals surface area contributed by atoms with Gasteiger partial charge in [0.15, 0.2) is 11.6 Å². The summed E-state index contributed by atoms with van der Waals surface area (Å²) in [5.41, 5.74) is 2.72. The lowest BCUT2D eigenvalue weighted by atomic mass is 10.0. The number of hydrogen-bond donors (Lipinski definition) is 0. The van der Waals surface area contributed by atoms with E-state index in [-0.39, 0.29) is 11.0 Å². The Labute approximate surface area is 182 Å². The number of benzene rings is 1. The monoisotopic (exact) mass is 448 g/mol. The molecule has 0 fully saturated rings. The van der Waals surface area contributed by atoms with Gasteiger partial charge in [-0.3, -0.25) is 4.98 Å². The molecule has 0 saturated carbocycles. The summed E-state index contributed by atoms with van der Waals surface area (Å²) < 4.78 is 37.2. The Balaban J connectivity index is 1.90. The van der Waals surface area contributed by atoms with Crippen molar-refractivity contribution in [3.05, 3.63) is 61.1 Å². The van der Waals surface area contributed by atoms with Crippen LogP contribution in [0.15, 0.2) is 70.7 Å². The Bertz CT molecular complexity index is 1530. The fraction of sp³-hybridized carbons (Fsp3) is 0.0952. The highest BCUT2D eigenvalue weighted by Gasteiger charge is 2.26. The second-order valence-corrected chi connectivity index (χ2v) is 8.80. The van der Waals surface area contributed by atoms with Crippen molar-refractivity contribution in [2.75, 3.05) is 13.4 Å². The lowest BCUT2D eigenvalue weighted by Crippen LogP contribution is -2.12. The third-order valence-corrected chi connectivity index (χ3v) is 5.62. The van der Waals surface area contributed by atoms with Gasteiger partial charge < -0.3 is 9.15 Å². The number of nitrogens with zero attached hydrogens (tertiary/aromatic N) is 6. The summed E-state index contributed by atoms with van der Waals surface area (Å²) in [7, 11) is -2.19. The van der Waals surface area contributed by atoms with Crippen molar-refractivity contribution in [2.45, 2.75) is 5.16 Å². The lowest BCUT2D eigenvalue weighted by Gasteiger charge is -2.14. The summed E-state index contributed by atoms with van der Waals surface area (Å²) in [5.74, 6) is 1.25. The fourth-order valence-corrected chi connectivity index (χ4v) is 3.82. The van der Waals surface area contributed by atoms with E-state index in [2.05, 4.69) is 25.3 Å². The Morgan fingerprint density at radius 2 is 1.88 bits per heavy atom. The van der Waals surface area contributed by atoms with E-state index in [1.165, 1.54) is 10.9 Å². The molecule has 4 aromatic heterocycles. The molecule has 0 saturated heterocycles. The Kier molecular flexibility index (Phi) is 4.67. The fourth-order valence-electron chi connectivity index (χ4n) is 3.31. The first kappa shape index (κ1) is 19.8. The molecule has 0 N–H and O–H groups in total. The second-order valence-electron chi connectivity index (χ2n) is 6.89. The van der Waals surface area contributed by atoms with Crippen LogP contribution in [0.2, 0.25) is 0 Å². The summed E-state index contributed by atoms with van der Waals surface area (Å²) in [5, 5.41) is 8.11. The van der Waals surface area contributed by atoms with Gasteiger partial charge in [0.25, 0.3) is 0 Å². The maximum Gasteiger partial charge on any atom is 0.249 e. The average molecular weight is 448 g/mol. The van der Waals surface area contributed by atoms with Crippen molar-refractivity contribution in [1.29, 1.82) is 0 Å². The maximum absolute atomic E-state index is 12.4. The summed E-state index contributed by atoms with van der Waals surface area (Å²) >= 11 is 0. The third kappa shape index (κ3) is 3.38. The molecule has 0 aliphatic heterocycles. The largest absolute Gasteiger partial charge is 0.497 e. The van der Waals surface area contributed by atoms with Crippen molar-refractivity contribution in [3.8, 4) is 34.1 Å². The van der Waals surface area contributed by atoms with Crippen molar-refractivity contribution in [2.24, 2.45) is 0 Å². The molecule has 0 amide bonds. The van der Waals surface area contributed by atoms with E-state index in [4.69, 9.17) is 9.15 Å². The average Bonchev–Trinajstić information content (AvgIpc) is 3.48. The molecular weight excluding hydrogens is 432 g/mol. The first-order valence-corrected chi connectivity index (χ1v) is 11.3. The van der Waals surface area contributed by atoms with E-state index in [1.807, 2.05) is 0 Å². The van der Waals surface area contributed by atoms with Gasteiger partial charge in [-0.15, -0.1) is 5.10 Å². The van der Waals surface area contributed by atoms with Gasteiger partial charge in [-0.05, 0) is 42.0 Å². The normalized spacial score (nSPS) is 11.7. The predicted molar refractivity (Wildman–Crippen MR) is 115 cm³/mol. The molecule has 11 heteroatoms. The molecule has 0 unspecified atom stereocenters. The second kappa shape index (κ2) is 7.54. The molecule has 0 aliphatic carbocycles. The van der Waals surface area contributed by atoms with Crippen molar-refractivity contribution in [3.63, 3.8) is 0 Å². The van der Waals surface area contributed by atoms with Crippen LogP contribution in [-0.4, -0.2) is 51.7 Å². The number of rotatable bonds is 5. The van der Waals surface area contributed by atoms with Crippen LogP contribution in [0.25, 0.3) is 39.4 Å². The molecule has 1 aromatic carbocycles. The number of methoxy groups -OCH3 is 1.